The summed E-state index contributed by atoms with van der Waals surface area (Å²) < 4.78 is 37.9. The quantitative estimate of drug-likeness (QED) is 0.862. The maximum atomic E-state index is 12.6. The first-order valence-electron chi connectivity index (χ1n) is 6.75. The molecule has 0 aliphatic heterocycles. The Morgan fingerprint density at radius 2 is 1.70 bits per heavy atom. The summed E-state index contributed by atoms with van der Waals surface area (Å²) in [5, 5.41) is 3.16. The van der Waals surface area contributed by atoms with E-state index in [0.29, 0.717) is 0 Å². The van der Waals surface area contributed by atoms with Crippen LogP contribution in [0.4, 0.5) is 13.2 Å². The summed E-state index contributed by atoms with van der Waals surface area (Å²) >= 11 is 0. The summed E-state index contributed by atoms with van der Waals surface area (Å²) in [6, 6.07) is 9.23. The van der Waals surface area contributed by atoms with Crippen LogP contribution in [0.15, 0.2) is 30.3 Å². The third kappa shape index (κ3) is 4.80. The second-order valence-electron chi connectivity index (χ2n) is 5.44. The van der Waals surface area contributed by atoms with Crippen molar-refractivity contribution in [1.29, 1.82) is 0 Å². The number of nitrogens with one attached hydrogen (secondary N) is 1. The molecule has 2 unspecified atom stereocenters. The van der Waals surface area contributed by atoms with E-state index >= 15 is 0 Å². The van der Waals surface area contributed by atoms with Crippen molar-refractivity contribution in [3.63, 3.8) is 0 Å². The minimum absolute atomic E-state index is 0.0972. The van der Waals surface area contributed by atoms with E-state index in [1.807, 2.05) is 44.2 Å². The summed E-state index contributed by atoms with van der Waals surface area (Å²) in [6.07, 6.45) is -4.18. The van der Waals surface area contributed by atoms with Crippen molar-refractivity contribution < 1.29 is 13.2 Å². The number of hydrogen-bond acceptors (Lipinski definition) is 2. The SMILES string of the molecule is CNC(c1ccccc1)C(C(C)C)N(C)CC(F)(F)F. The fourth-order valence-corrected chi connectivity index (χ4v) is 2.73. The molecule has 0 radical (unpaired) electrons. The Kier molecular flexibility index (Phi) is 6.02. The van der Waals surface area contributed by atoms with E-state index in [4.69, 9.17) is 0 Å². The van der Waals surface area contributed by atoms with Gasteiger partial charge in [-0.05, 0) is 25.6 Å². The van der Waals surface area contributed by atoms with Crippen molar-refractivity contribution >= 4 is 0 Å². The van der Waals surface area contributed by atoms with Gasteiger partial charge >= 0.3 is 6.18 Å². The molecule has 0 saturated heterocycles. The van der Waals surface area contributed by atoms with Gasteiger partial charge in [0.25, 0.3) is 0 Å². The van der Waals surface area contributed by atoms with Gasteiger partial charge < -0.3 is 5.32 Å². The Morgan fingerprint density at radius 1 is 1.15 bits per heavy atom. The number of benzene rings is 1. The van der Waals surface area contributed by atoms with Gasteiger partial charge in [0.05, 0.1) is 6.54 Å². The van der Waals surface area contributed by atoms with Crippen molar-refractivity contribution in [1.82, 2.24) is 10.2 Å². The molecule has 1 N–H and O–H groups in total. The number of alkyl halides is 3. The lowest BCUT2D eigenvalue weighted by molar-refractivity contribution is -0.150. The Hall–Kier alpha value is -1.07. The van der Waals surface area contributed by atoms with Crippen LogP contribution in [-0.4, -0.2) is 37.8 Å². The average molecular weight is 288 g/mol. The van der Waals surface area contributed by atoms with Crippen LogP contribution in [-0.2, 0) is 0 Å². The van der Waals surface area contributed by atoms with E-state index in [1.54, 1.807) is 7.05 Å². The van der Waals surface area contributed by atoms with Crippen LogP contribution in [0.25, 0.3) is 0 Å². The van der Waals surface area contributed by atoms with Crippen LogP contribution >= 0.6 is 0 Å². The van der Waals surface area contributed by atoms with Gasteiger partial charge in [0.2, 0.25) is 0 Å². The first-order valence-corrected chi connectivity index (χ1v) is 6.75. The molecular weight excluding hydrogens is 265 g/mol. The van der Waals surface area contributed by atoms with Gasteiger partial charge in [-0.15, -0.1) is 0 Å². The first kappa shape index (κ1) is 17.0. The van der Waals surface area contributed by atoms with Crippen LogP contribution in [0.2, 0.25) is 0 Å². The van der Waals surface area contributed by atoms with Gasteiger partial charge in [-0.3, -0.25) is 4.90 Å². The fraction of sp³-hybridized carbons (Fsp3) is 0.600. The van der Waals surface area contributed by atoms with E-state index in [-0.39, 0.29) is 18.0 Å². The normalized spacial score (nSPS) is 15.7. The summed E-state index contributed by atoms with van der Waals surface area (Å²) in [7, 11) is 3.32. The molecule has 5 heteroatoms. The predicted octanol–water partition coefficient (Wildman–Crippen LogP) is 3.47. The first-order chi connectivity index (χ1) is 9.26. The van der Waals surface area contributed by atoms with Gasteiger partial charge in [0, 0.05) is 12.1 Å². The van der Waals surface area contributed by atoms with Gasteiger partial charge in [0.15, 0.2) is 0 Å². The molecule has 1 aromatic carbocycles. The Balaban J connectivity index is 2.99. The third-order valence-electron chi connectivity index (χ3n) is 3.43. The van der Waals surface area contributed by atoms with Crippen LogP contribution in [0.3, 0.4) is 0 Å². The van der Waals surface area contributed by atoms with Crippen molar-refractivity contribution in [2.75, 3.05) is 20.6 Å². The van der Waals surface area contributed by atoms with Crippen molar-refractivity contribution in [2.24, 2.45) is 5.92 Å². The highest BCUT2D eigenvalue weighted by Crippen LogP contribution is 2.28. The Bertz CT molecular complexity index is 390. The lowest BCUT2D eigenvalue weighted by atomic mass is 9.90. The zero-order valence-corrected chi connectivity index (χ0v) is 12.4. The highest BCUT2D eigenvalue weighted by molar-refractivity contribution is 5.21. The van der Waals surface area contributed by atoms with Crippen LogP contribution < -0.4 is 5.32 Å². The number of rotatable bonds is 6. The van der Waals surface area contributed by atoms with Crippen LogP contribution in [0.1, 0.15) is 25.5 Å². The second-order valence-corrected chi connectivity index (χ2v) is 5.44. The van der Waals surface area contributed by atoms with Crippen LogP contribution in [0, 0.1) is 5.92 Å². The highest BCUT2D eigenvalue weighted by atomic mass is 19.4. The standard InChI is InChI=1S/C15H23F3N2/c1-11(2)14(20(4)10-15(16,17)18)13(19-3)12-8-6-5-7-9-12/h5-9,11,13-14,19H,10H2,1-4H3. The minimum atomic E-state index is -4.18. The zero-order valence-electron chi connectivity index (χ0n) is 12.4. The van der Waals surface area contributed by atoms with Crippen molar-refractivity contribution in [3.05, 3.63) is 35.9 Å². The van der Waals surface area contributed by atoms with E-state index in [9.17, 15) is 13.2 Å². The van der Waals surface area contributed by atoms with E-state index < -0.39 is 12.7 Å². The minimum Gasteiger partial charge on any atom is -0.312 e. The average Bonchev–Trinajstić information content (AvgIpc) is 2.33. The largest absolute Gasteiger partial charge is 0.401 e. The summed E-state index contributed by atoms with van der Waals surface area (Å²) in [5.41, 5.74) is 1.00. The number of halogens is 3. The van der Waals surface area contributed by atoms with Crippen molar-refractivity contribution in [3.8, 4) is 0 Å². The molecule has 0 fully saturated rings. The number of hydrogen-bond donors (Lipinski definition) is 1. The van der Waals surface area contributed by atoms with E-state index in [0.717, 1.165) is 5.56 Å². The zero-order chi connectivity index (χ0) is 15.3. The van der Waals surface area contributed by atoms with Gasteiger partial charge in [0.1, 0.15) is 0 Å². The maximum Gasteiger partial charge on any atom is 0.401 e. The summed E-state index contributed by atoms with van der Waals surface area (Å²) in [5.74, 6) is 0.0972. The summed E-state index contributed by atoms with van der Waals surface area (Å²) in [4.78, 5) is 1.39. The monoisotopic (exact) mass is 288 g/mol. The number of nitrogens with zero attached hydrogens (tertiary/aromatic N) is 1. The molecule has 0 aromatic heterocycles. The molecule has 0 aliphatic carbocycles. The topological polar surface area (TPSA) is 15.3 Å². The van der Waals surface area contributed by atoms with Crippen molar-refractivity contribution in [2.45, 2.75) is 32.1 Å². The highest BCUT2D eigenvalue weighted by Gasteiger charge is 2.36. The molecule has 0 spiro atoms. The van der Waals surface area contributed by atoms with E-state index in [2.05, 4.69) is 5.32 Å². The third-order valence-corrected chi connectivity index (χ3v) is 3.43. The lowest BCUT2D eigenvalue weighted by Crippen LogP contribution is -2.48. The molecule has 1 rings (SSSR count). The second kappa shape index (κ2) is 7.09. The lowest BCUT2D eigenvalue weighted by Gasteiger charge is -2.38. The predicted molar refractivity (Wildman–Crippen MR) is 75.6 cm³/mol. The van der Waals surface area contributed by atoms with Crippen LogP contribution in [0.5, 0.6) is 0 Å². The molecule has 1 aromatic rings. The number of likely N-dealkylation sites (N-methyl/N-ethyl adjacent to an activating group) is 2. The molecule has 0 amide bonds. The molecule has 2 nitrogen and oxygen atoms in total. The fourth-order valence-electron chi connectivity index (χ4n) is 2.73. The van der Waals surface area contributed by atoms with Gasteiger partial charge in [-0.2, -0.15) is 13.2 Å². The molecular formula is C15H23F3N2. The smallest absolute Gasteiger partial charge is 0.312 e. The molecule has 0 bridgehead atoms. The molecule has 20 heavy (non-hydrogen) atoms. The van der Waals surface area contributed by atoms with E-state index in [1.165, 1.54) is 11.9 Å². The van der Waals surface area contributed by atoms with Gasteiger partial charge in [-0.1, -0.05) is 44.2 Å². The maximum absolute atomic E-state index is 12.6. The molecule has 0 aliphatic rings. The molecule has 0 heterocycles. The Labute approximate surface area is 119 Å². The molecule has 0 saturated carbocycles. The summed E-state index contributed by atoms with van der Waals surface area (Å²) in [6.45, 7) is 3.00. The molecule has 114 valence electrons. The van der Waals surface area contributed by atoms with Gasteiger partial charge in [-0.25, -0.2) is 0 Å². The molecule has 2 atom stereocenters. The Morgan fingerprint density at radius 3 is 2.10 bits per heavy atom.